The molecule has 0 aromatic rings. The number of nitrogens with one attached hydrogen (secondary N) is 1. The topological polar surface area (TPSA) is 65.9 Å². The van der Waals surface area contributed by atoms with E-state index in [1.165, 1.54) is 0 Å². The zero-order valence-electron chi connectivity index (χ0n) is 15.2. The predicted molar refractivity (Wildman–Crippen MR) is 87.1 cm³/mol. The van der Waals surface area contributed by atoms with Gasteiger partial charge in [0.1, 0.15) is 11.2 Å². The molecule has 1 amide bonds. The molecule has 1 aliphatic heterocycles. The first-order valence-electron chi connectivity index (χ1n) is 7.84. The van der Waals surface area contributed by atoms with Gasteiger partial charge in [-0.25, -0.2) is 4.79 Å². The van der Waals surface area contributed by atoms with Gasteiger partial charge in [-0.1, -0.05) is 0 Å². The minimum Gasteiger partial charge on any atom is -0.460 e. The Morgan fingerprint density at radius 3 is 1.73 bits per heavy atom. The van der Waals surface area contributed by atoms with Crippen LogP contribution in [-0.2, 0) is 9.47 Å². The maximum absolute atomic E-state index is 12.3. The molecule has 1 rings (SSSR count). The maximum atomic E-state index is 12.3. The monoisotopic (exact) mass is 313 g/mol. The fourth-order valence-electron chi connectivity index (χ4n) is 2.52. The van der Waals surface area contributed by atoms with E-state index in [2.05, 4.69) is 0 Å². The van der Waals surface area contributed by atoms with E-state index in [1.807, 2.05) is 60.3 Å². The smallest absolute Gasteiger partial charge is 0.410 e. The van der Waals surface area contributed by atoms with Gasteiger partial charge in [-0.15, -0.1) is 0 Å². The van der Waals surface area contributed by atoms with Crippen molar-refractivity contribution in [3.8, 4) is 0 Å². The second kappa shape index (κ2) is 6.34. The number of piperazine rings is 1. The van der Waals surface area contributed by atoms with Gasteiger partial charge in [0.25, 0.3) is 6.02 Å². The van der Waals surface area contributed by atoms with Gasteiger partial charge in [0.2, 0.25) is 0 Å². The molecule has 0 saturated carbocycles. The van der Waals surface area contributed by atoms with Gasteiger partial charge in [-0.3, -0.25) is 10.3 Å². The lowest BCUT2D eigenvalue weighted by molar-refractivity contribution is -0.0131. The summed E-state index contributed by atoms with van der Waals surface area (Å²) in [6, 6.07) is 0.0834. The number of hydrogen-bond acceptors (Lipinski definition) is 4. The van der Waals surface area contributed by atoms with Crippen molar-refractivity contribution in [2.75, 3.05) is 13.1 Å². The van der Waals surface area contributed by atoms with Gasteiger partial charge in [-0.2, -0.15) is 0 Å². The highest BCUT2D eigenvalue weighted by molar-refractivity contribution is 5.73. The minimum atomic E-state index is -0.504. The maximum Gasteiger partial charge on any atom is 0.410 e. The van der Waals surface area contributed by atoms with Crippen LogP contribution in [0.3, 0.4) is 0 Å². The van der Waals surface area contributed by atoms with Crippen LogP contribution >= 0.6 is 0 Å². The van der Waals surface area contributed by atoms with Crippen LogP contribution in [0.5, 0.6) is 0 Å². The zero-order chi connectivity index (χ0) is 17.3. The summed E-state index contributed by atoms with van der Waals surface area (Å²) < 4.78 is 11.1. The first-order chi connectivity index (χ1) is 9.80. The largest absolute Gasteiger partial charge is 0.460 e. The molecule has 1 fully saturated rings. The van der Waals surface area contributed by atoms with E-state index in [4.69, 9.17) is 14.9 Å². The molecule has 0 bridgehead atoms. The van der Waals surface area contributed by atoms with Crippen LogP contribution in [0.25, 0.3) is 0 Å². The number of nitrogens with zero attached hydrogens (tertiary/aromatic N) is 2. The lowest BCUT2D eigenvalue weighted by Gasteiger charge is -2.45. The predicted octanol–water partition coefficient (Wildman–Crippen LogP) is 3.07. The van der Waals surface area contributed by atoms with Crippen molar-refractivity contribution in [2.45, 2.75) is 78.7 Å². The fraction of sp³-hybridized carbons (Fsp3) is 0.875. The lowest BCUT2D eigenvalue weighted by atomic mass is 10.1. The van der Waals surface area contributed by atoms with Crippen molar-refractivity contribution in [3.63, 3.8) is 0 Å². The van der Waals surface area contributed by atoms with Gasteiger partial charge in [0, 0.05) is 13.1 Å². The third-order valence-corrected chi connectivity index (χ3v) is 3.21. The fourth-order valence-corrected chi connectivity index (χ4v) is 2.52. The molecule has 1 saturated heterocycles. The Labute approximate surface area is 134 Å². The molecule has 0 radical (unpaired) electrons. The third-order valence-electron chi connectivity index (χ3n) is 3.21. The van der Waals surface area contributed by atoms with Crippen LogP contribution in [0.4, 0.5) is 4.79 Å². The van der Waals surface area contributed by atoms with Crippen molar-refractivity contribution < 1.29 is 14.3 Å². The number of ether oxygens (including phenoxy) is 2. The van der Waals surface area contributed by atoms with Crippen LogP contribution in [0, 0.1) is 5.41 Å². The molecule has 0 spiro atoms. The zero-order valence-corrected chi connectivity index (χ0v) is 15.2. The Balaban J connectivity index is 2.73. The molecule has 0 aromatic heterocycles. The molecule has 128 valence electrons. The SMILES string of the molecule is C[C@@H]1CN(C(=N)OC(C)(C)C)C[C@H](C)N1C(=O)OC(C)(C)C. The van der Waals surface area contributed by atoms with Gasteiger partial charge in [0.15, 0.2) is 0 Å². The third kappa shape index (κ3) is 5.39. The van der Waals surface area contributed by atoms with Crippen LogP contribution in [-0.4, -0.2) is 58.3 Å². The van der Waals surface area contributed by atoms with Crippen LogP contribution in [0.2, 0.25) is 0 Å². The number of amidine groups is 1. The summed E-state index contributed by atoms with van der Waals surface area (Å²) >= 11 is 0. The molecule has 0 aromatic carbocycles. The Morgan fingerprint density at radius 2 is 1.36 bits per heavy atom. The highest BCUT2D eigenvalue weighted by Crippen LogP contribution is 2.21. The van der Waals surface area contributed by atoms with E-state index in [0.717, 1.165) is 0 Å². The average Bonchev–Trinajstić information content (AvgIpc) is 2.22. The summed E-state index contributed by atoms with van der Waals surface area (Å²) in [5.74, 6) is 0. The summed E-state index contributed by atoms with van der Waals surface area (Å²) in [5.41, 5.74) is -0.901. The molecular formula is C16H31N3O3. The quantitative estimate of drug-likeness (QED) is 0.551. The molecule has 0 unspecified atom stereocenters. The van der Waals surface area contributed by atoms with Crippen molar-refractivity contribution >= 4 is 12.1 Å². The summed E-state index contributed by atoms with van der Waals surface area (Å²) in [7, 11) is 0. The Morgan fingerprint density at radius 1 is 0.955 bits per heavy atom. The van der Waals surface area contributed by atoms with Gasteiger partial charge >= 0.3 is 6.09 Å². The van der Waals surface area contributed by atoms with E-state index >= 15 is 0 Å². The average molecular weight is 313 g/mol. The second-order valence-corrected chi connectivity index (χ2v) is 8.01. The lowest BCUT2D eigenvalue weighted by Crippen LogP contribution is -2.61. The van der Waals surface area contributed by atoms with E-state index in [1.54, 1.807) is 4.90 Å². The molecule has 6 heteroatoms. The van der Waals surface area contributed by atoms with Gasteiger partial charge in [0.05, 0.1) is 12.1 Å². The van der Waals surface area contributed by atoms with Crippen LogP contribution in [0.15, 0.2) is 0 Å². The molecule has 1 heterocycles. The second-order valence-electron chi connectivity index (χ2n) is 8.01. The van der Waals surface area contributed by atoms with Crippen molar-refractivity contribution in [1.82, 2.24) is 9.80 Å². The van der Waals surface area contributed by atoms with Gasteiger partial charge in [-0.05, 0) is 55.4 Å². The summed E-state index contributed by atoms with van der Waals surface area (Å²) in [6.45, 7) is 16.4. The number of rotatable bonds is 0. The van der Waals surface area contributed by atoms with E-state index in [-0.39, 0.29) is 24.2 Å². The van der Waals surface area contributed by atoms with Crippen molar-refractivity contribution in [2.24, 2.45) is 0 Å². The van der Waals surface area contributed by atoms with Gasteiger partial charge < -0.3 is 14.4 Å². The normalized spacial score (nSPS) is 23.3. The molecular weight excluding hydrogens is 282 g/mol. The van der Waals surface area contributed by atoms with Crippen LogP contribution < -0.4 is 0 Å². The first kappa shape index (κ1) is 18.6. The number of carbonyl (C=O) groups is 1. The number of carbonyl (C=O) groups excluding carboxylic acids is 1. The Hall–Kier alpha value is -1.46. The number of amides is 1. The van der Waals surface area contributed by atoms with Crippen molar-refractivity contribution in [3.05, 3.63) is 0 Å². The summed E-state index contributed by atoms with van der Waals surface area (Å²) in [4.78, 5) is 16.0. The molecule has 6 nitrogen and oxygen atoms in total. The number of hydrogen-bond donors (Lipinski definition) is 1. The highest BCUT2D eigenvalue weighted by atomic mass is 16.6. The first-order valence-corrected chi connectivity index (χ1v) is 7.84. The van der Waals surface area contributed by atoms with E-state index in [0.29, 0.717) is 13.1 Å². The Kier molecular flexibility index (Phi) is 5.36. The molecule has 1 aliphatic rings. The molecule has 22 heavy (non-hydrogen) atoms. The van der Waals surface area contributed by atoms with Crippen molar-refractivity contribution in [1.29, 1.82) is 5.41 Å². The van der Waals surface area contributed by atoms with Crippen LogP contribution in [0.1, 0.15) is 55.4 Å². The Bertz CT molecular complexity index is 411. The van der Waals surface area contributed by atoms with E-state index < -0.39 is 11.2 Å². The molecule has 1 N–H and O–H groups in total. The molecule has 2 atom stereocenters. The summed E-state index contributed by atoms with van der Waals surface area (Å²) in [6.07, 6.45) is -0.296. The standard InChI is InChI=1S/C16H31N3O3/c1-11-9-18(13(17)21-15(3,4)5)10-12(2)19(11)14(20)22-16(6,7)8/h11-12,17H,9-10H2,1-8H3/t11-,12+. The van der Waals surface area contributed by atoms with E-state index in [9.17, 15) is 4.79 Å². The summed E-state index contributed by atoms with van der Waals surface area (Å²) in [5, 5.41) is 8.11. The minimum absolute atomic E-state index is 0.0393. The molecule has 0 aliphatic carbocycles. The highest BCUT2D eigenvalue weighted by Gasteiger charge is 2.37.